The van der Waals surface area contributed by atoms with Crippen LogP contribution in [-0.4, -0.2) is 30.7 Å². The molecular weight excluding hydrogens is 323 g/mol. The van der Waals surface area contributed by atoms with E-state index in [-0.39, 0.29) is 18.7 Å². The summed E-state index contributed by atoms with van der Waals surface area (Å²) in [6.07, 6.45) is 0. The molecule has 0 bridgehead atoms. The normalized spacial score (nSPS) is 10.2. The first-order chi connectivity index (χ1) is 11.9. The van der Waals surface area contributed by atoms with E-state index in [4.69, 9.17) is 0 Å². The lowest BCUT2D eigenvalue weighted by atomic mass is 10.1. The number of carbonyl (C=O) groups excluding carboxylic acids is 3. The summed E-state index contributed by atoms with van der Waals surface area (Å²) < 4.78 is 13.4. The fourth-order valence-electron chi connectivity index (χ4n) is 2.10. The molecule has 0 atom stereocenters. The van der Waals surface area contributed by atoms with Gasteiger partial charge in [-0.05, 0) is 31.5 Å². The predicted octanol–water partition coefficient (Wildman–Crippen LogP) is 2.17. The lowest BCUT2D eigenvalue weighted by Crippen LogP contribution is -2.37. The first-order valence-electron chi connectivity index (χ1n) is 7.82. The third-order valence-electron chi connectivity index (χ3n) is 3.65. The van der Waals surface area contributed by atoms with E-state index in [0.29, 0.717) is 11.1 Å². The summed E-state index contributed by atoms with van der Waals surface area (Å²) in [5.74, 6) is -2.27. The summed E-state index contributed by atoms with van der Waals surface area (Å²) in [5.41, 5.74) is 1.96. The second-order valence-corrected chi connectivity index (χ2v) is 5.67. The molecule has 0 fully saturated rings. The number of hydrogen-bond acceptors (Lipinski definition) is 3. The summed E-state index contributed by atoms with van der Waals surface area (Å²) >= 11 is 0. The Labute approximate surface area is 145 Å². The van der Waals surface area contributed by atoms with Gasteiger partial charge in [-0.25, -0.2) is 4.39 Å². The predicted molar refractivity (Wildman–Crippen MR) is 92.0 cm³/mol. The highest BCUT2D eigenvalue weighted by Crippen LogP contribution is 2.09. The Hall–Kier alpha value is -3.02. The summed E-state index contributed by atoms with van der Waals surface area (Å²) in [6.45, 7) is 3.71. The van der Waals surface area contributed by atoms with Gasteiger partial charge in [0.1, 0.15) is 5.82 Å². The molecule has 5 nitrogen and oxygen atoms in total. The molecule has 0 saturated carbocycles. The van der Waals surface area contributed by atoms with Crippen molar-refractivity contribution in [3.63, 3.8) is 0 Å². The van der Waals surface area contributed by atoms with Crippen molar-refractivity contribution in [1.29, 1.82) is 0 Å². The Kier molecular flexibility index (Phi) is 6.00. The van der Waals surface area contributed by atoms with Crippen molar-refractivity contribution in [2.45, 2.75) is 13.8 Å². The van der Waals surface area contributed by atoms with E-state index in [1.165, 1.54) is 12.1 Å². The first kappa shape index (κ1) is 18.3. The monoisotopic (exact) mass is 342 g/mol. The van der Waals surface area contributed by atoms with Crippen LogP contribution in [-0.2, 0) is 4.79 Å². The van der Waals surface area contributed by atoms with Crippen LogP contribution in [0.25, 0.3) is 0 Å². The van der Waals surface area contributed by atoms with E-state index in [2.05, 4.69) is 10.6 Å². The summed E-state index contributed by atoms with van der Waals surface area (Å²) in [5, 5.41) is 5.00. The van der Waals surface area contributed by atoms with Crippen LogP contribution in [0, 0.1) is 19.7 Å². The Balaban J connectivity index is 1.79. The number of hydrogen-bond donors (Lipinski definition) is 2. The quantitative estimate of drug-likeness (QED) is 0.480. The SMILES string of the molecule is Cc1ccc(C(=O)C(=O)NCCNC(=O)c2ccc(C)c(F)c2)cc1. The number of rotatable bonds is 6. The topological polar surface area (TPSA) is 75.3 Å². The smallest absolute Gasteiger partial charge is 0.292 e. The van der Waals surface area contributed by atoms with Gasteiger partial charge in [0.25, 0.3) is 11.8 Å². The molecule has 2 aromatic rings. The van der Waals surface area contributed by atoms with Gasteiger partial charge in [0.05, 0.1) is 0 Å². The van der Waals surface area contributed by atoms with Crippen molar-refractivity contribution in [3.05, 3.63) is 70.5 Å². The zero-order valence-corrected chi connectivity index (χ0v) is 14.1. The third-order valence-corrected chi connectivity index (χ3v) is 3.65. The van der Waals surface area contributed by atoms with Gasteiger partial charge >= 0.3 is 0 Å². The molecule has 0 heterocycles. The highest BCUT2D eigenvalue weighted by molar-refractivity contribution is 6.42. The van der Waals surface area contributed by atoms with Gasteiger partial charge in [0, 0.05) is 24.2 Å². The fourth-order valence-corrected chi connectivity index (χ4v) is 2.10. The maximum absolute atomic E-state index is 13.4. The summed E-state index contributed by atoms with van der Waals surface area (Å²) in [4.78, 5) is 35.6. The maximum Gasteiger partial charge on any atom is 0.292 e. The summed E-state index contributed by atoms with van der Waals surface area (Å²) in [6, 6.07) is 10.9. The molecule has 2 rings (SSSR count). The Morgan fingerprint density at radius 3 is 2.12 bits per heavy atom. The van der Waals surface area contributed by atoms with E-state index in [1.807, 2.05) is 6.92 Å². The molecule has 2 aromatic carbocycles. The molecule has 130 valence electrons. The van der Waals surface area contributed by atoms with Crippen LogP contribution < -0.4 is 10.6 Å². The van der Waals surface area contributed by atoms with E-state index in [9.17, 15) is 18.8 Å². The Morgan fingerprint density at radius 1 is 0.880 bits per heavy atom. The van der Waals surface area contributed by atoms with Crippen LogP contribution in [0.4, 0.5) is 4.39 Å². The van der Waals surface area contributed by atoms with Crippen molar-refractivity contribution in [3.8, 4) is 0 Å². The summed E-state index contributed by atoms with van der Waals surface area (Å²) in [7, 11) is 0. The number of nitrogens with one attached hydrogen (secondary N) is 2. The third kappa shape index (κ3) is 4.97. The number of carbonyl (C=O) groups is 3. The molecule has 0 aliphatic heterocycles. The van der Waals surface area contributed by atoms with Gasteiger partial charge in [-0.1, -0.05) is 35.9 Å². The minimum atomic E-state index is -0.737. The zero-order valence-electron chi connectivity index (χ0n) is 14.1. The van der Waals surface area contributed by atoms with Gasteiger partial charge < -0.3 is 10.6 Å². The van der Waals surface area contributed by atoms with Gasteiger partial charge in [-0.15, -0.1) is 0 Å². The van der Waals surface area contributed by atoms with Crippen LogP contribution in [0.5, 0.6) is 0 Å². The number of amides is 2. The van der Waals surface area contributed by atoms with Crippen LogP contribution in [0.15, 0.2) is 42.5 Å². The Bertz CT molecular complexity index is 801. The second-order valence-electron chi connectivity index (χ2n) is 5.67. The van der Waals surface area contributed by atoms with Crippen molar-refractivity contribution in [2.75, 3.05) is 13.1 Å². The number of aryl methyl sites for hydroxylation is 2. The Morgan fingerprint density at radius 2 is 1.48 bits per heavy atom. The van der Waals surface area contributed by atoms with Crippen LogP contribution >= 0.6 is 0 Å². The van der Waals surface area contributed by atoms with Crippen molar-refractivity contribution in [2.24, 2.45) is 0 Å². The van der Waals surface area contributed by atoms with Crippen molar-refractivity contribution >= 4 is 17.6 Å². The van der Waals surface area contributed by atoms with Crippen LogP contribution in [0.3, 0.4) is 0 Å². The van der Waals surface area contributed by atoms with E-state index in [0.717, 1.165) is 11.6 Å². The molecule has 0 aromatic heterocycles. The van der Waals surface area contributed by atoms with Crippen molar-refractivity contribution < 1.29 is 18.8 Å². The lowest BCUT2D eigenvalue weighted by molar-refractivity contribution is -0.116. The average Bonchev–Trinajstić information content (AvgIpc) is 2.60. The highest BCUT2D eigenvalue weighted by Gasteiger charge is 2.15. The molecule has 0 spiro atoms. The van der Waals surface area contributed by atoms with E-state index in [1.54, 1.807) is 31.2 Å². The van der Waals surface area contributed by atoms with E-state index >= 15 is 0 Å². The molecule has 25 heavy (non-hydrogen) atoms. The first-order valence-corrected chi connectivity index (χ1v) is 7.82. The van der Waals surface area contributed by atoms with Gasteiger partial charge in [-0.2, -0.15) is 0 Å². The van der Waals surface area contributed by atoms with E-state index < -0.39 is 23.4 Å². The number of ketones is 1. The number of benzene rings is 2. The van der Waals surface area contributed by atoms with Crippen LogP contribution in [0.2, 0.25) is 0 Å². The standard InChI is InChI=1S/C19H19FN2O3/c1-12-3-6-14(7-4-12)17(23)19(25)22-10-9-21-18(24)15-8-5-13(2)16(20)11-15/h3-8,11H,9-10H2,1-2H3,(H,21,24)(H,22,25). The average molecular weight is 342 g/mol. The molecular formula is C19H19FN2O3. The molecule has 6 heteroatoms. The second kappa shape index (κ2) is 8.19. The van der Waals surface area contributed by atoms with Crippen molar-refractivity contribution in [1.82, 2.24) is 10.6 Å². The molecule has 2 N–H and O–H groups in total. The largest absolute Gasteiger partial charge is 0.350 e. The van der Waals surface area contributed by atoms with Gasteiger partial charge in [0.2, 0.25) is 5.78 Å². The van der Waals surface area contributed by atoms with Crippen LogP contribution in [0.1, 0.15) is 31.8 Å². The number of Topliss-reactive ketones (excluding diaryl/α,β-unsaturated/α-hetero) is 1. The minimum Gasteiger partial charge on any atom is -0.350 e. The maximum atomic E-state index is 13.4. The molecule has 0 radical (unpaired) electrons. The molecule has 0 aliphatic rings. The fraction of sp³-hybridized carbons (Fsp3) is 0.211. The lowest BCUT2D eigenvalue weighted by Gasteiger charge is -2.07. The molecule has 2 amide bonds. The molecule has 0 unspecified atom stereocenters. The highest BCUT2D eigenvalue weighted by atomic mass is 19.1. The molecule has 0 aliphatic carbocycles. The van der Waals surface area contributed by atoms with Gasteiger partial charge in [-0.3, -0.25) is 14.4 Å². The zero-order chi connectivity index (χ0) is 18.4. The van der Waals surface area contributed by atoms with Gasteiger partial charge in [0.15, 0.2) is 0 Å². The number of halogens is 1. The minimum absolute atomic E-state index is 0.0938. The molecule has 0 saturated heterocycles.